The Balaban J connectivity index is 1.55. The van der Waals surface area contributed by atoms with Gasteiger partial charge >= 0.3 is 0 Å². The van der Waals surface area contributed by atoms with E-state index in [1.807, 2.05) is 0 Å². The molecular formula is C11H17N3O3S. The zero-order chi connectivity index (χ0) is 12.6. The summed E-state index contributed by atoms with van der Waals surface area (Å²) < 4.78 is 27.9. The van der Waals surface area contributed by atoms with Gasteiger partial charge in [0, 0.05) is 5.92 Å². The van der Waals surface area contributed by atoms with Crippen LogP contribution in [0.1, 0.15) is 36.9 Å². The smallest absolute Gasteiger partial charge is 0.240 e. The molecule has 0 amide bonds. The first kappa shape index (κ1) is 12.1. The van der Waals surface area contributed by atoms with Crippen molar-refractivity contribution in [2.75, 3.05) is 18.1 Å². The van der Waals surface area contributed by atoms with Crippen molar-refractivity contribution in [3.8, 4) is 0 Å². The first-order valence-corrected chi connectivity index (χ1v) is 8.18. The van der Waals surface area contributed by atoms with Crippen molar-refractivity contribution in [1.29, 1.82) is 0 Å². The average Bonchev–Trinajstić information content (AvgIpc) is 2.88. The molecule has 18 heavy (non-hydrogen) atoms. The third kappa shape index (κ3) is 2.89. The van der Waals surface area contributed by atoms with Crippen LogP contribution in [-0.4, -0.2) is 36.6 Å². The van der Waals surface area contributed by atoms with Crippen molar-refractivity contribution < 1.29 is 12.9 Å². The lowest BCUT2D eigenvalue weighted by Crippen LogP contribution is -2.16. The maximum Gasteiger partial charge on any atom is 0.240 e. The fourth-order valence-electron chi connectivity index (χ4n) is 2.21. The summed E-state index contributed by atoms with van der Waals surface area (Å²) in [6.07, 6.45) is 3.22. The van der Waals surface area contributed by atoms with Crippen LogP contribution < -0.4 is 5.32 Å². The molecule has 2 aliphatic rings. The summed E-state index contributed by atoms with van der Waals surface area (Å²) in [5.41, 5.74) is 0. The molecule has 1 unspecified atom stereocenters. The summed E-state index contributed by atoms with van der Waals surface area (Å²) in [6.45, 7) is 1.57. The van der Waals surface area contributed by atoms with Gasteiger partial charge in [-0.3, -0.25) is 0 Å². The van der Waals surface area contributed by atoms with Gasteiger partial charge < -0.3 is 9.84 Å². The average molecular weight is 271 g/mol. The highest BCUT2D eigenvalue weighted by Crippen LogP contribution is 2.28. The van der Waals surface area contributed by atoms with Crippen molar-refractivity contribution >= 4 is 9.84 Å². The maximum atomic E-state index is 11.4. The van der Waals surface area contributed by atoms with E-state index < -0.39 is 9.84 Å². The molecule has 1 saturated carbocycles. The van der Waals surface area contributed by atoms with E-state index in [0.717, 1.165) is 12.5 Å². The molecule has 1 aromatic rings. The van der Waals surface area contributed by atoms with Gasteiger partial charge in [-0.05, 0) is 31.7 Å². The second-order valence-corrected chi connectivity index (χ2v) is 7.45. The lowest BCUT2D eigenvalue weighted by Gasteiger charge is -1.99. The highest BCUT2D eigenvalue weighted by atomic mass is 32.2. The molecule has 1 aliphatic carbocycles. The first-order valence-electron chi connectivity index (χ1n) is 6.36. The van der Waals surface area contributed by atoms with E-state index in [9.17, 15) is 8.42 Å². The second kappa shape index (κ2) is 4.62. The zero-order valence-corrected chi connectivity index (χ0v) is 10.9. The van der Waals surface area contributed by atoms with Crippen molar-refractivity contribution in [3.05, 3.63) is 11.7 Å². The van der Waals surface area contributed by atoms with Crippen LogP contribution in [-0.2, 0) is 16.4 Å². The van der Waals surface area contributed by atoms with E-state index in [0.29, 0.717) is 24.7 Å². The highest BCUT2D eigenvalue weighted by molar-refractivity contribution is 7.91. The van der Waals surface area contributed by atoms with Gasteiger partial charge in [-0.15, -0.1) is 0 Å². The Morgan fingerprint density at radius 1 is 1.33 bits per heavy atom. The first-order chi connectivity index (χ1) is 8.62. The Bertz CT molecular complexity index is 521. The zero-order valence-electron chi connectivity index (χ0n) is 10.1. The minimum Gasteiger partial charge on any atom is -0.338 e. The van der Waals surface area contributed by atoms with Gasteiger partial charge in [0.05, 0.1) is 18.1 Å². The summed E-state index contributed by atoms with van der Waals surface area (Å²) in [5.74, 6) is 2.21. The molecule has 0 radical (unpaired) electrons. The van der Waals surface area contributed by atoms with E-state index in [1.54, 1.807) is 0 Å². The Hall–Kier alpha value is -0.950. The fraction of sp³-hybridized carbons (Fsp3) is 0.818. The van der Waals surface area contributed by atoms with Crippen molar-refractivity contribution in [3.63, 3.8) is 0 Å². The molecule has 2 fully saturated rings. The van der Waals surface area contributed by atoms with Gasteiger partial charge in [-0.1, -0.05) is 5.16 Å². The van der Waals surface area contributed by atoms with Crippen LogP contribution in [0.15, 0.2) is 4.52 Å². The SMILES string of the molecule is O=S1(=O)CCC(c2noc(CNCC3CC3)n2)C1. The van der Waals surface area contributed by atoms with E-state index in [-0.39, 0.29) is 17.4 Å². The van der Waals surface area contributed by atoms with Crippen molar-refractivity contribution in [2.24, 2.45) is 5.92 Å². The van der Waals surface area contributed by atoms with Gasteiger partial charge in [-0.25, -0.2) is 8.42 Å². The molecule has 0 spiro atoms. The Kier molecular flexibility index (Phi) is 3.11. The number of rotatable bonds is 5. The molecule has 0 aromatic carbocycles. The Morgan fingerprint density at radius 2 is 2.17 bits per heavy atom. The summed E-state index contributed by atoms with van der Waals surface area (Å²) in [4.78, 5) is 4.27. The number of aromatic nitrogens is 2. The van der Waals surface area contributed by atoms with Crippen LogP contribution in [0, 0.1) is 5.92 Å². The van der Waals surface area contributed by atoms with Gasteiger partial charge in [0.1, 0.15) is 0 Å². The number of sulfone groups is 1. The predicted octanol–water partition coefficient (Wildman–Crippen LogP) is 0.471. The molecule has 3 rings (SSSR count). The Labute approximate surface area is 106 Å². The summed E-state index contributed by atoms with van der Waals surface area (Å²) in [6, 6.07) is 0. The van der Waals surface area contributed by atoms with E-state index in [2.05, 4.69) is 15.5 Å². The van der Waals surface area contributed by atoms with Gasteiger partial charge in [-0.2, -0.15) is 4.98 Å². The van der Waals surface area contributed by atoms with Gasteiger partial charge in [0.15, 0.2) is 15.7 Å². The van der Waals surface area contributed by atoms with Crippen LogP contribution >= 0.6 is 0 Å². The topological polar surface area (TPSA) is 85.1 Å². The van der Waals surface area contributed by atoms with Gasteiger partial charge in [0.25, 0.3) is 0 Å². The molecule has 100 valence electrons. The molecule has 2 heterocycles. The van der Waals surface area contributed by atoms with Crippen LogP contribution in [0.25, 0.3) is 0 Å². The number of nitrogens with one attached hydrogen (secondary N) is 1. The van der Waals surface area contributed by atoms with Gasteiger partial charge in [0.2, 0.25) is 5.89 Å². The van der Waals surface area contributed by atoms with Crippen molar-refractivity contribution in [1.82, 2.24) is 15.5 Å². The van der Waals surface area contributed by atoms with Crippen LogP contribution in [0.2, 0.25) is 0 Å². The molecule has 0 bridgehead atoms. The van der Waals surface area contributed by atoms with Crippen LogP contribution in [0.4, 0.5) is 0 Å². The third-order valence-electron chi connectivity index (χ3n) is 3.49. The highest BCUT2D eigenvalue weighted by Gasteiger charge is 2.32. The minimum absolute atomic E-state index is 0.0871. The lowest BCUT2D eigenvalue weighted by atomic mass is 10.1. The Morgan fingerprint density at radius 3 is 2.83 bits per heavy atom. The van der Waals surface area contributed by atoms with Crippen LogP contribution in [0.3, 0.4) is 0 Å². The summed E-state index contributed by atoms with van der Waals surface area (Å²) in [5, 5.41) is 7.16. The molecule has 6 nitrogen and oxygen atoms in total. The molecule has 1 aromatic heterocycles. The van der Waals surface area contributed by atoms with Crippen LogP contribution in [0.5, 0.6) is 0 Å². The second-order valence-electron chi connectivity index (χ2n) is 5.22. The molecule has 7 heteroatoms. The molecular weight excluding hydrogens is 254 g/mol. The molecule has 1 saturated heterocycles. The van der Waals surface area contributed by atoms with E-state index in [1.165, 1.54) is 12.8 Å². The molecule has 1 aliphatic heterocycles. The predicted molar refractivity (Wildman–Crippen MR) is 64.7 cm³/mol. The van der Waals surface area contributed by atoms with E-state index in [4.69, 9.17) is 4.52 Å². The lowest BCUT2D eigenvalue weighted by molar-refractivity contribution is 0.360. The van der Waals surface area contributed by atoms with Crippen molar-refractivity contribution in [2.45, 2.75) is 31.7 Å². The standard InChI is InChI=1S/C11H17N3O3S/c15-18(16)4-3-9(7-18)11-13-10(17-14-11)6-12-5-8-1-2-8/h8-9,12H,1-7H2. The fourth-order valence-corrected chi connectivity index (χ4v) is 3.95. The van der Waals surface area contributed by atoms with E-state index >= 15 is 0 Å². The summed E-state index contributed by atoms with van der Waals surface area (Å²) >= 11 is 0. The number of nitrogens with zero attached hydrogens (tertiary/aromatic N) is 2. The maximum absolute atomic E-state index is 11.4. The number of hydrogen-bond acceptors (Lipinski definition) is 6. The monoisotopic (exact) mass is 271 g/mol. The minimum atomic E-state index is -2.89. The summed E-state index contributed by atoms with van der Waals surface area (Å²) in [7, 11) is -2.89. The normalized spacial score (nSPS) is 26.6. The number of hydrogen-bond donors (Lipinski definition) is 1. The largest absolute Gasteiger partial charge is 0.338 e. The molecule has 1 N–H and O–H groups in total. The quantitative estimate of drug-likeness (QED) is 0.838. The molecule has 1 atom stereocenters. The third-order valence-corrected chi connectivity index (χ3v) is 5.26.